The Hall–Kier alpha value is -0.440. The van der Waals surface area contributed by atoms with E-state index in [0.717, 1.165) is 12.8 Å². The molecule has 0 N–H and O–H groups in total. The zero-order chi connectivity index (χ0) is 7.82. The van der Waals surface area contributed by atoms with E-state index in [1.54, 1.807) is 0 Å². The molecular weight excluding hydrogens is 96.1 g/mol. The predicted octanol–water partition coefficient (Wildman–Crippen LogP) is 2.59. The van der Waals surface area contributed by atoms with Crippen LogP contribution in [0.3, 0.4) is 0 Å². The van der Waals surface area contributed by atoms with Crippen molar-refractivity contribution in [1.82, 2.24) is 0 Å². The van der Waals surface area contributed by atoms with Crippen molar-refractivity contribution in [1.29, 1.82) is 0 Å². The average Bonchev–Trinajstić information content (AvgIpc) is 1.87. The fourth-order valence-corrected chi connectivity index (χ4v) is 0.374. The Kier molecular flexibility index (Phi) is 3.64. The van der Waals surface area contributed by atoms with Crippen molar-refractivity contribution >= 4 is 0 Å². The maximum Gasteiger partial charge on any atom is 0.0231 e. The molecule has 0 aromatic carbocycles. The summed E-state index contributed by atoms with van der Waals surface area (Å²) in [6.07, 6.45) is 3.33. The zero-order valence-electron chi connectivity index (χ0n) is 7.41. The van der Waals surface area contributed by atoms with E-state index in [4.69, 9.17) is 2.74 Å². The highest BCUT2D eigenvalue weighted by Crippen LogP contribution is 1.85. The predicted molar refractivity (Wildman–Crippen MR) is 37.6 cm³/mol. The Bertz CT molecular complexity index is 119. The quantitative estimate of drug-likeness (QED) is 0.482. The number of unbranched alkanes of at least 4 members (excludes halogenated alkanes) is 1. The fourth-order valence-electron chi connectivity index (χ4n) is 0.374. The molecule has 0 aliphatic heterocycles. The summed E-state index contributed by atoms with van der Waals surface area (Å²) >= 11 is 0. The molecule has 0 spiro atoms. The van der Waals surface area contributed by atoms with Gasteiger partial charge in [-0.15, -0.1) is 11.8 Å². The highest BCUT2D eigenvalue weighted by molar-refractivity contribution is 4.97. The van der Waals surface area contributed by atoms with E-state index in [0.29, 0.717) is 12.8 Å². The summed E-state index contributed by atoms with van der Waals surface area (Å²) in [5.41, 5.74) is 0. The molecule has 0 aliphatic carbocycles. The van der Waals surface area contributed by atoms with Crippen LogP contribution in [0.4, 0.5) is 0 Å². The molecule has 0 aromatic heterocycles. The van der Waals surface area contributed by atoms with Crippen molar-refractivity contribution in [3.63, 3.8) is 0 Å². The van der Waals surface area contributed by atoms with E-state index < -0.39 is 6.88 Å². The first-order chi connectivity index (χ1) is 4.77. The summed E-state index contributed by atoms with van der Waals surface area (Å²) in [6.45, 7) is 1.39. The minimum atomic E-state index is -0.698. The molecule has 46 valence electrons. The number of hydrogen-bond acceptors (Lipinski definition) is 0. The van der Waals surface area contributed by atoms with Crippen LogP contribution in [0.2, 0.25) is 0 Å². The van der Waals surface area contributed by atoms with E-state index in [-0.39, 0.29) is 0 Å². The maximum absolute atomic E-state index is 6.86. The highest BCUT2D eigenvalue weighted by atomic mass is 13.7. The van der Waals surface area contributed by atoms with Gasteiger partial charge in [0.2, 0.25) is 0 Å². The Morgan fingerprint density at radius 3 is 2.38 bits per heavy atom. The summed E-state index contributed by atoms with van der Waals surface area (Å²) in [6, 6.07) is 0. The van der Waals surface area contributed by atoms with Crippen molar-refractivity contribution in [2.75, 3.05) is 0 Å². The lowest BCUT2D eigenvalue weighted by Gasteiger charge is -1.78. The van der Waals surface area contributed by atoms with Gasteiger partial charge in [-0.1, -0.05) is 13.8 Å². The molecule has 0 aromatic rings. The van der Waals surface area contributed by atoms with E-state index in [9.17, 15) is 0 Å². The third kappa shape index (κ3) is 5.56. The van der Waals surface area contributed by atoms with Gasteiger partial charge in [-0.05, 0) is 12.8 Å². The summed E-state index contributed by atoms with van der Waals surface area (Å²) in [7, 11) is 0. The number of rotatable bonds is 2. The molecule has 0 unspecified atom stereocenters. The van der Waals surface area contributed by atoms with Gasteiger partial charge in [0.1, 0.15) is 0 Å². The third-order valence-corrected chi connectivity index (χ3v) is 0.769. The second-order valence-corrected chi connectivity index (χ2v) is 1.64. The van der Waals surface area contributed by atoms with Crippen LogP contribution in [0.1, 0.15) is 42.2 Å². The molecule has 0 bridgehead atoms. The first-order valence-electron chi connectivity index (χ1n) is 4.23. The zero-order valence-corrected chi connectivity index (χ0v) is 5.41. The Morgan fingerprint density at radius 2 is 1.88 bits per heavy atom. The second-order valence-electron chi connectivity index (χ2n) is 1.64. The summed E-state index contributed by atoms with van der Waals surface area (Å²) in [4.78, 5) is 0. The van der Waals surface area contributed by atoms with Crippen LogP contribution in [0.25, 0.3) is 0 Å². The molecule has 0 atom stereocenters. The first-order valence-corrected chi connectivity index (χ1v) is 3.07. The lowest BCUT2D eigenvalue weighted by molar-refractivity contribution is 0.961. The van der Waals surface area contributed by atoms with Crippen molar-refractivity contribution < 1.29 is 2.74 Å². The van der Waals surface area contributed by atoms with Gasteiger partial charge in [-0.25, -0.2) is 0 Å². The standard InChI is InChI=1S/C8H14/c1-3-5-7-8-6-4-2/h3-6H2,1-2H3/i1D2. The van der Waals surface area contributed by atoms with Crippen molar-refractivity contribution in [2.45, 2.75) is 39.5 Å². The van der Waals surface area contributed by atoms with Crippen LogP contribution < -0.4 is 0 Å². The third-order valence-electron chi connectivity index (χ3n) is 0.769. The summed E-state index contributed by atoms with van der Waals surface area (Å²) < 4.78 is 13.7. The molecule has 0 rings (SSSR count). The molecule has 0 heteroatoms. The van der Waals surface area contributed by atoms with Crippen LogP contribution in [-0.4, -0.2) is 0 Å². The fraction of sp³-hybridized carbons (Fsp3) is 0.750. The monoisotopic (exact) mass is 112 g/mol. The molecule has 0 saturated heterocycles. The van der Waals surface area contributed by atoms with Crippen LogP contribution in [0.5, 0.6) is 0 Å². The largest absolute Gasteiger partial charge is 0.103 e. The molecule has 0 saturated carbocycles. The summed E-state index contributed by atoms with van der Waals surface area (Å²) in [5, 5.41) is 0. The molecular formula is C8H14. The molecule has 0 radical (unpaired) electrons. The van der Waals surface area contributed by atoms with Gasteiger partial charge in [-0.2, -0.15) is 0 Å². The minimum absolute atomic E-state index is 0.580. The van der Waals surface area contributed by atoms with Gasteiger partial charge in [0.05, 0.1) is 0 Å². The van der Waals surface area contributed by atoms with E-state index in [2.05, 4.69) is 18.8 Å². The molecule has 8 heavy (non-hydrogen) atoms. The topological polar surface area (TPSA) is 0 Å². The minimum Gasteiger partial charge on any atom is -0.103 e. The molecule has 0 heterocycles. The van der Waals surface area contributed by atoms with Gasteiger partial charge in [0.15, 0.2) is 0 Å². The average molecular weight is 112 g/mol. The highest BCUT2D eigenvalue weighted by Gasteiger charge is 1.69. The van der Waals surface area contributed by atoms with E-state index >= 15 is 0 Å². The van der Waals surface area contributed by atoms with Crippen LogP contribution in [-0.2, 0) is 0 Å². The normalized spacial score (nSPS) is 11.8. The van der Waals surface area contributed by atoms with Crippen LogP contribution >= 0.6 is 0 Å². The van der Waals surface area contributed by atoms with Crippen molar-refractivity contribution in [3.05, 3.63) is 0 Å². The molecule has 0 amide bonds. The Balaban J connectivity index is 3.12. The summed E-state index contributed by atoms with van der Waals surface area (Å²) in [5.74, 6) is 5.90. The van der Waals surface area contributed by atoms with Gasteiger partial charge >= 0.3 is 0 Å². The lowest BCUT2D eigenvalue weighted by Crippen LogP contribution is -1.63. The Morgan fingerprint density at radius 1 is 1.25 bits per heavy atom. The van der Waals surface area contributed by atoms with Gasteiger partial charge in [-0.3, -0.25) is 0 Å². The van der Waals surface area contributed by atoms with Gasteiger partial charge in [0, 0.05) is 15.6 Å². The van der Waals surface area contributed by atoms with E-state index in [1.807, 2.05) is 0 Å². The van der Waals surface area contributed by atoms with Crippen LogP contribution in [0.15, 0.2) is 0 Å². The lowest BCUT2D eigenvalue weighted by atomic mass is 10.3. The van der Waals surface area contributed by atoms with E-state index in [1.165, 1.54) is 0 Å². The molecule has 0 aliphatic rings. The maximum atomic E-state index is 6.86. The SMILES string of the molecule is [2H]C([2H])CCC#CCCC. The second kappa shape index (κ2) is 6.56. The van der Waals surface area contributed by atoms with Gasteiger partial charge < -0.3 is 0 Å². The number of hydrogen-bond donors (Lipinski definition) is 0. The first kappa shape index (κ1) is 4.44. The molecule has 0 fully saturated rings. The molecule has 0 nitrogen and oxygen atoms in total. The van der Waals surface area contributed by atoms with Crippen molar-refractivity contribution in [2.24, 2.45) is 0 Å². The van der Waals surface area contributed by atoms with Crippen LogP contribution in [0, 0.1) is 11.8 Å². The van der Waals surface area contributed by atoms with Crippen molar-refractivity contribution in [3.8, 4) is 11.8 Å². The van der Waals surface area contributed by atoms with Gasteiger partial charge in [0.25, 0.3) is 0 Å². The smallest absolute Gasteiger partial charge is 0.0231 e. The Labute approximate surface area is 55.1 Å².